The van der Waals surface area contributed by atoms with E-state index in [9.17, 15) is 24.2 Å². The zero-order valence-corrected chi connectivity index (χ0v) is 59.8. The molecule has 0 amide bonds. The van der Waals surface area contributed by atoms with Gasteiger partial charge >= 0.3 is 0 Å². The molecule has 0 spiro atoms. The Bertz CT molecular complexity index is 3900. The Morgan fingerprint density at radius 3 is 1.21 bits per heavy atom. The summed E-state index contributed by atoms with van der Waals surface area (Å²) in [6, 6.07) is 31.1. The van der Waals surface area contributed by atoms with Gasteiger partial charge in [0.25, 0.3) is 0 Å². The number of nitriles is 3. The van der Waals surface area contributed by atoms with Crippen molar-refractivity contribution in [2.45, 2.75) is 169 Å². The minimum absolute atomic E-state index is 0.253. The van der Waals surface area contributed by atoms with Gasteiger partial charge in [-0.15, -0.1) is 11.3 Å². The Kier molecular flexibility index (Phi) is 25.9. The first-order valence-electron chi connectivity index (χ1n) is 33.7. The summed E-state index contributed by atoms with van der Waals surface area (Å²) in [5, 5.41) is 49.9. The van der Waals surface area contributed by atoms with Gasteiger partial charge in [0.2, 0.25) is 17.8 Å². The number of benzene rings is 3. The van der Waals surface area contributed by atoms with E-state index < -0.39 is 9.84 Å². The molecule has 96 heavy (non-hydrogen) atoms. The third kappa shape index (κ3) is 21.5. The lowest BCUT2D eigenvalue weighted by atomic mass is 9.68. The fourth-order valence-corrected chi connectivity index (χ4v) is 13.9. The van der Waals surface area contributed by atoms with Crippen molar-refractivity contribution in [3.05, 3.63) is 136 Å². The van der Waals surface area contributed by atoms with Crippen LogP contribution >= 0.6 is 11.3 Å². The van der Waals surface area contributed by atoms with Crippen molar-refractivity contribution in [2.75, 3.05) is 78.1 Å². The molecule has 3 aliphatic carbocycles. The summed E-state index contributed by atoms with van der Waals surface area (Å²) in [5.74, 6) is 6.31. The van der Waals surface area contributed by atoms with Crippen LogP contribution in [0.2, 0.25) is 0 Å². The van der Waals surface area contributed by atoms with Crippen LogP contribution in [0.3, 0.4) is 0 Å². The number of thiazole rings is 1. The lowest BCUT2D eigenvalue weighted by Gasteiger charge is -2.41. The van der Waals surface area contributed by atoms with Gasteiger partial charge in [0.05, 0.1) is 40.0 Å². The van der Waals surface area contributed by atoms with Crippen LogP contribution in [0.1, 0.15) is 158 Å². The van der Waals surface area contributed by atoms with Crippen LogP contribution in [-0.4, -0.2) is 108 Å². The zero-order valence-electron chi connectivity index (χ0n) is 58.1. The van der Waals surface area contributed by atoms with E-state index in [2.05, 4.69) is 184 Å². The van der Waals surface area contributed by atoms with E-state index in [1.54, 1.807) is 49.2 Å². The van der Waals surface area contributed by atoms with Crippen molar-refractivity contribution < 1.29 is 17.9 Å². The number of aryl methyl sites for hydroxylation is 1. The second-order valence-electron chi connectivity index (χ2n) is 28.1. The highest BCUT2D eigenvalue weighted by atomic mass is 32.2. The number of methoxy groups -OCH3 is 1. The van der Waals surface area contributed by atoms with Crippen LogP contribution < -0.4 is 36.6 Å². The van der Waals surface area contributed by atoms with E-state index in [4.69, 9.17) is 9.47 Å². The molecule has 20 nitrogen and oxygen atoms in total. The molecule has 3 aliphatic rings. The molecule has 6 atom stereocenters. The fourth-order valence-electron chi connectivity index (χ4n) is 12.5. The smallest absolute Gasteiger partial charge is 0.224 e. The molecule has 10 rings (SSSR count). The summed E-state index contributed by atoms with van der Waals surface area (Å²) in [5.41, 5.74) is 6.89. The molecule has 0 unspecified atom stereocenters. The van der Waals surface area contributed by atoms with Crippen LogP contribution in [0.15, 0.2) is 102 Å². The molecule has 7 aromatic rings. The van der Waals surface area contributed by atoms with E-state index in [0.29, 0.717) is 119 Å². The summed E-state index contributed by atoms with van der Waals surface area (Å²) in [4.78, 5) is 32.5. The van der Waals surface area contributed by atoms with Gasteiger partial charge in [0.1, 0.15) is 64.7 Å². The Hall–Kier alpha value is -8.49. The van der Waals surface area contributed by atoms with Gasteiger partial charge in [-0.25, -0.2) is 28.4 Å². The first-order chi connectivity index (χ1) is 45.8. The molecule has 3 saturated carbocycles. The molecule has 4 heterocycles. The highest BCUT2D eigenvalue weighted by Gasteiger charge is 2.37. The van der Waals surface area contributed by atoms with Gasteiger partial charge in [-0.1, -0.05) is 111 Å². The van der Waals surface area contributed by atoms with Crippen LogP contribution in [0.5, 0.6) is 5.75 Å². The Morgan fingerprint density at radius 2 is 0.885 bits per heavy atom. The molecule has 3 fully saturated rings. The minimum Gasteiger partial charge on any atom is -0.491 e. The minimum atomic E-state index is -3.19. The third-order valence-electron chi connectivity index (χ3n) is 19.7. The van der Waals surface area contributed by atoms with Gasteiger partial charge < -0.3 is 41.4 Å². The van der Waals surface area contributed by atoms with Crippen LogP contribution in [-0.2, 0) is 33.8 Å². The monoisotopic (exact) mass is 1340 g/mol. The number of rotatable bonds is 24. The molecule has 4 aromatic heterocycles. The number of nitrogens with one attached hydrogen (secondary N) is 6. The largest absolute Gasteiger partial charge is 0.491 e. The third-order valence-corrected chi connectivity index (χ3v) is 21.8. The molecule has 22 heteroatoms. The zero-order chi connectivity index (χ0) is 69.0. The van der Waals surface area contributed by atoms with E-state index in [-0.39, 0.29) is 22.3 Å². The number of ether oxygens (including phenoxy) is 2. The van der Waals surface area contributed by atoms with Gasteiger partial charge in [-0.2, -0.15) is 30.7 Å². The van der Waals surface area contributed by atoms with Crippen LogP contribution in [0, 0.1) is 74.9 Å². The van der Waals surface area contributed by atoms with Crippen LogP contribution in [0.4, 0.5) is 35.3 Å². The second-order valence-corrected chi connectivity index (χ2v) is 31.4. The normalized spacial score (nSPS) is 20.0. The standard InChI is InChI=1S/C26H32N6S.C25H35N5O2.C23H31N5O2S/c1-17-5-10-22(13-26(17,3)4)31-24-21(14-27)15-30-25(32-24)28-12-11-19-6-8-20(9-7-19)23-16-29-18(2)33-23;1-18-5-8-21(15-25(18,2)3)29-23-20(16-26)17-28-24(30-23)27-12-11-19-6-9-22(10-7-19)32-14-13-31-4;1-16-5-8-19(13-23(16,2)3)27-21-18(14-24)15-26-22(28-21)25-12-11-17-6-9-20(10-7-17)31(4,29)30/h6-9,15-17,22H,5,10-13H2,1-4H3,(H2,28,30,31,32);6-7,9-10,17-18,21H,5,8,11-15H2,1-4H3,(H2,27,28,29,30);6-7,9-10,15-16,19H,5,8,11-13H2,1-4H3,(H2,25,26,27,28)/t17-,22+;18-,21+;16-,19+/m000/s1. The predicted octanol–water partition coefficient (Wildman–Crippen LogP) is 14.7. The summed E-state index contributed by atoms with van der Waals surface area (Å²) in [6.07, 6.45) is 20.2. The Balaban J connectivity index is 0.000000184. The topological polar surface area (TPSA) is 286 Å². The molecule has 0 saturated heterocycles. The first kappa shape index (κ1) is 73.3. The molecule has 0 aliphatic heterocycles. The molecular weight excluding hydrogens is 1240 g/mol. The number of hydrogen-bond donors (Lipinski definition) is 6. The number of anilines is 6. The quantitative estimate of drug-likeness (QED) is 0.0307. The van der Waals surface area contributed by atoms with E-state index >= 15 is 0 Å². The Labute approximate surface area is 573 Å². The van der Waals surface area contributed by atoms with Crippen molar-refractivity contribution in [1.29, 1.82) is 15.8 Å². The second kappa shape index (κ2) is 33.9. The average molecular weight is 1340 g/mol. The lowest BCUT2D eigenvalue weighted by molar-refractivity contribution is 0.143. The number of sulfone groups is 1. The summed E-state index contributed by atoms with van der Waals surface area (Å²) in [7, 11) is -1.53. The summed E-state index contributed by atoms with van der Waals surface area (Å²) < 4.78 is 33.7. The molecular formula is C74H98N16O4S2. The van der Waals surface area contributed by atoms with Crippen molar-refractivity contribution >= 4 is 56.5 Å². The molecule has 0 radical (unpaired) electrons. The number of nitrogens with zero attached hydrogens (tertiary/aromatic N) is 10. The highest BCUT2D eigenvalue weighted by Crippen LogP contribution is 2.44. The van der Waals surface area contributed by atoms with Gasteiger partial charge in [0.15, 0.2) is 9.84 Å². The number of hydrogen-bond acceptors (Lipinski definition) is 21. The number of aromatic nitrogens is 7. The fraction of sp³-hybridized carbons (Fsp3) is 0.514. The van der Waals surface area contributed by atoms with Crippen molar-refractivity contribution in [2.24, 2.45) is 34.0 Å². The lowest BCUT2D eigenvalue weighted by Crippen LogP contribution is -2.37. The first-order valence-corrected chi connectivity index (χ1v) is 36.4. The predicted molar refractivity (Wildman–Crippen MR) is 385 cm³/mol. The van der Waals surface area contributed by atoms with E-state index in [1.165, 1.54) is 40.7 Å². The maximum atomic E-state index is 11.6. The molecule has 6 N–H and O–H groups in total. The maximum Gasteiger partial charge on any atom is 0.224 e. The molecule has 510 valence electrons. The van der Waals surface area contributed by atoms with Gasteiger partial charge in [-0.3, -0.25) is 0 Å². The van der Waals surface area contributed by atoms with Crippen molar-refractivity contribution in [3.63, 3.8) is 0 Å². The van der Waals surface area contributed by atoms with Gasteiger partial charge in [-0.05, 0) is 164 Å². The highest BCUT2D eigenvalue weighted by molar-refractivity contribution is 7.90. The summed E-state index contributed by atoms with van der Waals surface area (Å²) >= 11 is 1.71. The SMILES string of the molecule is COCCOc1ccc(CCNc2ncc(C#N)c(N[C@@H]3CC[C@H](C)C(C)(C)C3)n2)cc1.C[C@H]1CC[C@@H](Nc2nc(NCCc3ccc(S(C)(=O)=O)cc3)ncc2C#N)CC1(C)C.Cc1ncc(-c2ccc(CCNc3ncc(C#N)c(N[C@@H]4CC[C@H](C)C(C)(C)C4)n3)cc2)s1. The molecule has 3 aromatic carbocycles. The summed E-state index contributed by atoms with van der Waals surface area (Å²) in [6.45, 7) is 26.0. The Morgan fingerprint density at radius 1 is 0.521 bits per heavy atom. The molecule has 0 bridgehead atoms. The average Bonchev–Trinajstić information content (AvgIpc) is 1.11. The van der Waals surface area contributed by atoms with Gasteiger partial charge in [0, 0.05) is 57.3 Å². The van der Waals surface area contributed by atoms with E-state index in [0.717, 1.165) is 80.7 Å². The van der Waals surface area contributed by atoms with Crippen LogP contribution in [0.25, 0.3) is 10.4 Å². The van der Waals surface area contributed by atoms with E-state index in [1.807, 2.05) is 37.4 Å². The van der Waals surface area contributed by atoms with Crippen molar-refractivity contribution in [3.8, 4) is 34.4 Å². The maximum absolute atomic E-state index is 11.6. The van der Waals surface area contributed by atoms with Crippen molar-refractivity contribution in [1.82, 2.24) is 34.9 Å².